The lowest BCUT2D eigenvalue weighted by Gasteiger charge is -2.18. The van der Waals surface area contributed by atoms with Gasteiger partial charge < -0.3 is 10.2 Å². The average molecular weight is 377 g/mol. The molecular weight excluding hydrogens is 348 g/mol. The maximum Gasteiger partial charge on any atom is 0.220 e. The second-order valence-corrected chi connectivity index (χ2v) is 8.44. The van der Waals surface area contributed by atoms with Crippen molar-refractivity contribution in [2.75, 3.05) is 24.5 Å². The van der Waals surface area contributed by atoms with Crippen LogP contribution in [0.1, 0.15) is 46.5 Å². The van der Waals surface area contributed by atoms with E-state index in [1.54, 1.807) is 11.8 Å². The summed E-state index contributed by atoms with van der Waals surface area (Å²) in [6.07, 6.45) is 5.70. The number of amides is 1. The third-order valence-electron chi connectivity index (χ3n) is 4.33. The molecule has 0 spiro atoms. The van der Waals surface area contributed by atoms with Crippen molar-refractivity contribution in [2.45, 2.75) is 63.4 Å². The van der Waals surface area contributed by atoms with E-state index in [9.17, 15) is 4.79 Å². The third-order valence-corrected chi connectivity index (χ3v) is 5.19. The van der Waals surface area contributed by atoms with E-state index in [-0.39, 0.29) is 5.91 Å². The Morgan fingerprint density at radius 3 is 2.77 bits per heavy atom. The lowest BCUT2D eigenvalue weighted by atomic mass is 10.3. The zero-order valence-electron chi connectivity index (χ0n) is 15.9. The Morgan fingerprint density at radius 1 is 1.31 bits per heavy atom. The molecule has 0 unspecified atom stereocenters. The number of aromatic nitrogens is 4. The van der Waals surface area contributed by atoms with E-state index in [1.165, 1.54) is 12.8 Å². The number of fused-ring (bicyclic) bond motifs is 1. The van der Waals surface area contributed by atoms with Gasteiger partial charge in [-0.25, -0.2) is 14.6 Å². The number of nitrogens with zero attached hydrogens (tertiary/aromatic N) is 5. The minimum absolute atomic E-state index is 0.0902. The predicted molar refractivity (Wildman–Crippen MR) is 106 cm³/mol. The van der Waals surface area contributed by atoms with E-state index in [0.717, 1.165) is 41.5 Å². The van der Waals surface area contributed by atoms with Gasteiger partial charge in [0.25, 0.3) is 0 Å². The van der Waals surface area contributed by atoms with Crippen molar-refractivity contribution in [3.05, 3.63) is 6.20 Å². The first-order chi connectivity index (χ1) is 12.6. The summed E-state index contributed by atoms with van der Waals surface area (Å²) in [5, 5.41) is 9.68. The van der Waals surface area contributed by atoms with Gasteiger partial charge in [0.15, 0.2) is 10.8 Å². The molecule has 0 aromatic carbocycles. The van der Waals surface area contributed by atoms with Crippen LogP contribution in [-0.2, 0) is 11.3 Å². The zero-order valence-corrected chi connectivity index (χ0v) is 16.7. The summed E-state index contributed by atoms with van der Waals surface area (Å²) in [4.78, 5) is 23.6. The van der Waals surface area contributed by atoms with Crippen LogP contribution in [-0.4, -0.2) is 50.5 Å². The molecule has 1 aliphatic rings. The summed E-state index contributed by atoms with van der Waals surface area (Å²) < 4.78 is 1.88. The molecule has 0 saturated carbocycles. The molecule has 7 nitrogen and oxygen atoms in total. The number of hydrogen-bond acceptors (Lipinski definition) is 6. The third kappa shape index (κ3) is 4.47. The minimum Gasteiger partial charge on any atom is -0.356 e. The molecular formula is C18H28N6OS. The molecule has 0 aliphatic carbocycles. The van der Waals surface area contributed by atoms with Crippen LogP contribution >= 0.6 is 11.8 Å². The Bertz CT molecular complexity index is 753. The molecule has 3 heterocycles. The molecule has 1 aliphatic heterocycles. The molecule has 2 aromatic heterocycles. The molecule has 1 amide bonds. The average Bonchev–Trinajstić information content (AvgIpc) is 3.24. The van der Waals surface area contributed by atoms with E-state index in [2.05, 4.69) is 29.2 Å². The van der Waals surface area contributed by atoms with Crippen LogP contribution in [0, 0.1) is 0 Å². The second kappa shape index (κ2) is 8.70. The number of nitrogens with one attached hydrogen (secondary N) is 1. The van der Waals surface area contributed by atoms with Gasteiger partial charge in [-0.05, 0) is 19.3 Å². The Labute approximate surface area is 158 Å². The van der Waals surface area contributed by atoms with Crippen molar-refractivity contribution in [1.29, 1.82) is 0 Å². The monoisotopic (exact) mass is 376 g/mol. The molecule has 1 saturated heterocycles. The lowest BCUT2D eigenvalue weighted by Crippen LogP contribution is -2.27. The Kier molecular flexibility index (Phi) is 6.34. The molecule has 3 rings (SSSR count). The van der Waals surface area contributed by atoms with Gasteiger partial charge in [0.2, 0.25) is 5.91 Å². The van der Waals surface area contributed by atoms with Gasteiger partial charge in [-0.15, -0.1) is 0 Å². The van der Waals surface area contributed by atoms with Gasteiger partial charge in [0.1, 0.15) is 5.82 Å². The predicted octanol–water partition coefficient (Wildman–Crippen LogP) is 2.84. The van der Waals surface area contributed by atoms with Crippen LogP contribution in [0.15, 0.2) is 11.4 Å². The van der Waals surface area contributed by atoms with E-state index >= 15 is 0 Å². The first-order valence-corrected chi connectivity index (χ1v) is 10.4. The highest BCUT2D eigenvalue weighted by atomic mass is 32.2. The lowest BCUT2D eigenvalue weighted by molar-refractivity contribution is -0.121. The van der Waals surface area contributed by atoms with Crippen LogP contribution in [0.4, 0.5) is 5.82 Å². The fourth-order valence-corrected chi connectivity index (χ4v) is 3.83. The Morgan fingerprint density at radius 2 is 2.08 bits per heavy atom. The highest BCUT2D eigenvalue weighted by Crippen LogP contribution is 2.30. The molecule has 142 valence electrons. The Balaban J connectivity index is 1.85. The molecule has 0 radical (unpaired) electrons. The van der Waals surface area contributed by atoms with E-state index in [1.807, 2.05) is 17.8 Å². The quantitative estimate of drug-likeness (QED) is 0.564. The van der Waals surface area contributed by atoms with Crippen molar-refractivity contribution in [2.24, 2.45) is 0 Å². The fourth-order valence-electron chi connectivity index (χ4n) is 3.13. The summed E-state index contributed by atoms with van der Waals surface area (Å²) in [6.45, 7) is 9.55. The van der Waals surface area contributed by atoms with Gasteiger partial charge in [-0.1, -0.05) is 32.5 Å². The topological polar surface area (TPSA) is 75.9 Å². The number of hydrogen-bond donors (Lipinski definition) is 1. The van der Waals surface area contributed by atoms with Crippen molar-refractivity contribution in [3.63, 3.8) is 0 Å². The molecule has 1 N–H and O–H groups in total. The summed E-state index contributed by atoms with van der Waals surface area (Å²) in [5.41, 5.74) is 0.856. The van der Waals surface area contributed by atoms with Gasteiger partial charge in [0.05, 0.1) is 18.1 Å². The minimum atomic E-state index is 0.0902. The van der Waals surface area contributed by atoms with Gasteiger partial charge >= 0.3 is 0 Å². The molecule has 2 aromatic rings. The molecule has 8 heteroatoms. The second-order valence-electron chi connectivity index (χ2n) is 6.90. The molecule has 0 atom stereocenters. The van der Waals surface area contributed by atoms with Crippen LogP contribution in [0.5, 0.6) is 0 Å². The summed E-state index contributed by atoms with van der Waals surface area (Å²) in [6, 6.07) is 0. The smallest absolute Gasteiger partial charge is 0.220 e. The number of rotatable bonds is 8. The largest absolute Gasteiger partial charge is 0.356 e. The first kappa shape index (κ1) is 18.9. The van der Waals surface area contributed by atoms with E-state index < -0.39 is 0 Å². The van der Waals surface area contributed by atoms with E-state index in [0.29, 0.717) is 24.8 Å². The number of carbonyl (C=O) groups excluding carboxylic acids is 1. The van der Waals surface area contributed by atoms with Crippen molar-refractivity contribution < 1.29 is 4.79 Å². The first-order valence-electron chi connectivity index (χ1n) is 9.50. The SMILES string of the molecule is CCCC(=O)NCCn1ncc2c(N3CCCC3)nc(SC(C)C)nc21. The standard InChI is InChI=1S/C18H28N6OS/c1-4-7-15(25)19-8-11-24-17-14(12-20-24)16(23-9-5-6-10-23)21-18(22-17)26-13(2)3/h12-13H,4-11H2,1-3H3,(H,19,25). The molecule has 1 fully saturated rings. The number of thioether (sulfide) groups is 1. The van der Waals surface area contributed by atoms with Crippen LogP contribution < -0.4 is 10.2 Å². The maximum atomic E-state index is 11.7. The number of anilines is 1. The van der Waals surface area contributed by atoms with Crippen LogP contribution in [0.25, 0.3) is 11.0 Å². The maximum absolute atomic E-state index is 11.7. The van der Waals surface area contributed by atoms with E-state index in [4.69, 9.17) is 9.97 Å². The van der Waals surface area contributed by atoms with Gasteiger partial charge in [0, 0.05) is 31.3 Å². The van der Waals surface area contributed by atoms with Crippen LogP contribution in [0.2, 0.25) is 0 Å². The van der Waals surface area contributed by atoms with Gasteiger partial charge in [-0.3, -0.25) is 4.79 Å². The number of carbonyl (C=O) groups is 1. The summed E-state index contributed by atoms with van der Waals surface area (Å²) in [5.74, 6) is 1.09. The highest BCUT2D eigenvalue weighted by Gasteiger charge is 2.21. The highest BCUT2D eigenvalue weighted by molar-refractivity contribution is 7.99. The summed E-state index contributed by atoms with van der Waals surface area (Å²) in [7, 11) is 0. The summed E-state index contributed by atoms with van der Waals surface area (Å²) >= 11 is 1.67. The Hall–Kier alpha value is -1.83. The normalized spacial score (nSPS) is 14.5. The van der Waals surface area contributed by atoms with Gasteiger partial charge in [-0.2, -0.15) is 5.10 Å². The zero-order chi connectivity index (χ0) is 18.5. The van der Waals surface area contributed by atoms with Crippen molar-refractivity contribution in [3.8, 4) is 0 Å². The van der Waals surface area contributed by atoms with Crippen LogP contribution in [0.3, 0.4) is 0 Å². The van der Waals surface area contributed by atoms with Crippen molar-refractivity contribution in [1.82, 2.24) is 25.1 Å². The molecule has 0 bridgehead atoms. The van der Waals surface area contributed by atoms with Crippen molar-refractivity contribution >= 4 is 34.5 Å². The fraction of sp³-hybridized carbons (Fsp3) is 0.667. The molecule has 26 heavy (non-hydrogen) atoms.